The van der Waals surface area contributed by atoms with Gasteiger partial charge in [-0.3, -0.25) is 14.9 Å². The van der Waals surface area contributed by atoms with E-state index in [2.05, 4.69) is 20.9 Å². The van der Waals surface area contributed by atoms with E-state index in [4.69, 9.17) is 0 Å². The van der Waals surface area contributed by atoms with Crippen molar-refractivity contribution < 1.29 is 9.72 Å². The van der Waals surface area contributed by atoms with E-state index in [9.17, 15) is 14.9 Å². The van der Waals surface area contributed by atoms with E-state index in [1.165, 1.54) is 12.1 Å². The molecule has 1 aliphatic heterocycles. The van der Waals surface area contributed by atoms with E-state index >= 15 is 0 Å². The summed E-state index contributed by atoms with van der Waals surface area (Å²) in [6, 6.07) is 4.46. The third-order valence-electron chi connectivity index (χ3n) is 3.44. The number of nitro benzene ring substituents is 1. The SMILES string of the molecule is O=C(c1cccc([N+](=O)[O-])c1Br)N1CCn2ccnc2C1. The number of benzene rings is 1. The molecule has 21 heavy (non-hydrogen) atoms. The minimum atomic E-state index is -0.510. The maximum Gasteiger partial charge on any atom is 0.284 e. The van der Waals surface area contributed by atoms with Gasteiger partial charge >= 0.3 is 0 Å². The Balaban J connectivity index is 1.90. The average molecular weight is 351 g/mol. The molecule has 108 valence electrons. The van der Waals surface area contributed by atoms with Crippen LogP contribution in [0.5, 0.6) is 0 Å². The van der Waals surface area contributed by atoms with E-state index in [0.717, 1.165) is 5.82 Å². The van der Waals surface area contributed by atoms with Crippen LogP contribution in [0.4, 0.5) is 5.69 Å². The number of amides is 1. The quantitative estimate of drug-likeness (QED) is 0.614. The Bertz CT molecular complexity index is 728. The number of hydrogen-bond acceptors (Lipinski definition) is 4. The second-order valence-corrected chi connectivity index (χ2v) is 5.45. The van der Waals surface area contributed by atoms with Gasteiger partial charge in [-0.05, 0) is 22.0 Å². The van der Waals surface area contributed by atoms with Crippen LogP contribution in [0.1, 0.15) is 16.2 Å². The number of fused-ring (bicyclic) bond motifs is 1. The van der Waals surface area contributed by atoms with Crippen molar-refractivity contribution in [3.05, 3.63) is 56.6 Å². The summed E-state index contributed by atoms with van der Waals surface area (Å²) < 4.78 is 2.21. The van der Waals surface area contributed by atoms with Crippen molar-refractivity contribution in [3.8, 4) is 0 Å². The lowest BCUT2D eigenvalue weighted by Gasteiger charge is -2.28. The maximum atomic E-state index is 12.6. The molecule has 0 bridgehead atoms. The summed E-state index contributed by atoms with van der Waals surface area (Å²) in [4.78, 5) is 28.8. The van der Waals surface area contributed by atoms with Crippen molar-refractivity contribution in [3.63, 3.8) is 0 Å². The predicted octanol–water partition coefficient (Wildman–Crippen LogP) is 2.21. The number of carbonyl (C=O) groups is 1. The minimum Gasteiger partial charge on any atom is -0.332 e. The van der Waals surface area contributed by atoms with Crippen LogP contribution in [-0.4, -0.2) is 31.8 Å². The molecule has 0 saturated carbocycles. The van der Waals surface area contributed by atoms with Gasteiger partial charge in [0.15, 0.2) is 0 Å². The second kappa shape index (κ2) is 5.28. The molecule has 8 heteroatoms. The van der Waals surface area contributed by atoms with Crippen LogP contribution in [0.25, 0.3) is 0 Å². The van der Waals surface area contributed by atoms with Gasteiger partial charge in [0, 0.05) is 31.5 Å². The first kappa shape index (κ1) is 13.7. The lowest BCUT2D eigenvalue weighted by Crippen LogP contribution is -2.38. The Hall–Kier alpha value is -2.22. The first-order valence-electron chi connectivity index (χ1n) is 6.30. The Morgan fingerprint density at radius 3 is 2.95 bits per heavy atom. The Labute approximate surface area is 128 Å². The Morgan fingerprint density at radius 1 is 1.38 bits per heavy atom. The van der Waals surface area contributed by atoms with Crippen molar-refractivity contribution >= 4 is 27.5 Å². The van der Waals surface area contributed by atoms with Crippen molar-refractivity contribution in [1.82, 2.24) is 14.5 Å². The van der Waals surface area contributed by atoms with Gasteiger partial charge in [-0.25, -0.2) is 4.98 Å². The van der Waals surface area contributed by atoms with Crippen molar-refractivity contribution in [2.75, 3.05) is 6.54 Å². The first-order chi connectivity index (χ1) is 10.1. The lowest BCUT2D eigenvalue weighted by molar-refractivity contribution is -0.385. The summed E-state index contributed by atoms with van der Waals surface area (Å²) in [7, 11) is 0. The van der Waals surface area contributed by atoms with Crippen molar-refractivity contribution in [1.29, 1.82) is 0 Å². The number of hydrogen-bond donors (Lipinski definition) is 0. The number of aromatic nitrogens is 2. The summed E-state index contributed by atoms with van der Waals surface area (Å²) >= 11 is 3.16. The highest BCUT2D eigenvalue weighted by Gasteiger charge is 2.26. The van der Waals surface area contributed by atoms with Crippen molar-refractivity contribution in [2.45, 2.75) is 13.1 Å². The molecule has 2 aromatic rings. The van der Waals surface area contributed by atoms with Gasteiger partial charge in [-0.2, -0.15) is 0 Å². The number of nitro groups is 1. The van der Waals surface area contributed by atoms with Crippen LogP contribution in [-0.2, 0) is 13.1 Å². The molecule has 0 saturated heterocycles. The van der Waals surface area contributed by atoms with Gasteiger partial charge < -0.3 is 9.47 Å². The number of nitrogens with zero attached hydrogens (tertiary/aromatic N) is 4. The van der Waals surface area contributed by atoms with Crippen LogP contribution in [0.2, 0.25) is 0 Å². The van der Waals surface area contributed by atoms with Crippen LogP contribution >= 0.6 is 15.9 Å². The van der Waals surface area contributed by atoms with Crippen LogP contribution in [0.15, 0.2) is 35.1 Å². The molecule has 1 aliphatic rings. The molecule has 0 spiro atoms. The lowest BCUT2D eigenvalue weighted by atomic mass is 10.1. The fourth-order valence-electron chi connectivity index (χ4n) is 2.34. The standard InChI is InChI=1S/C13H11BrN4O3/c14-12-9(2-1-3-10(12)18(20)21)13(19)17-7-6-16-5-4-15-11(16)8-17/h1-5H,6-8H2. The molecule has 3 rings (SSSR count). The normalized spacial score (nSPS) is 13.9. The molecule has 0 N–H and O–H groups in total. The Kier molecular flexibility index (Phi) is 3.46. The maximum absolute atomic E-state index is 12.6. The highest BCUT2D eigenvalue weighted by atomic mass is 79.9. The topological polar surface area (TPSA) is 81.3 Å². The highest BCUT2D eigenvalue weighted by Crippen LogP contribution is 2.29. The fraction of sp³-hybridized carbons (Fsp3) is 0.231. The van der Waals surface area contributed by atoms with E-state index in [1.54, 1.807) is 17.2 Å². The Morgan fingerprint density at radius 2 is 2.19 bits per heavy atom. The molecule has 1 amide bonds. The summed E-state index contributed by atoms with van der Waals surface area (Å²) in [5, 5.41) is 10.9. The monoisotopic (exact) mass is 350 g/mol. The molecule has 1 aromatic heterocycles. The number of imidazole rings is 1. The predicted molar refractivity (Wildman–Crippen MR) is 77.8 cm³/mol. The minimum absolute atomic E-state index is 0.112. The van der Waals surface area contributed by atoms with E-state index in [0.29, 0.717) is 25.2 Å². The summed E-state index contributed by atoms with van der Waals surface area (Å²) in [5.41, 5.74) is 0.184. The summed E-state index contributed by atoms with van der Waals surface area (Å²) in [6.07, 6.45) is 3.58. The molecule has 2 heterocycles. The van der Waals surface area contributed by atoms with Gasteiger partial charge in [0.25, 0.3) is 11.6 Å². The van der Waals surface area contributed by atoms with Gasteiger partial charge in [-0.15, -0.1) is 0 Å². The molecule has 0 unspecified atom stereocenters. The third kappa shape index (κ3) is 2.42. The zero-order valence-corrected chi connectivity index (χ0v) is 12.5. The molecule has 0 radical (unpaired) electrons. The fourth-order valence-corrected chi connectivity index (χ4v) is 2.92. The van der Waals surface area contributed by atoms with Crippen LogP contribution in [0, 0.1) is 10.1 Å². The molecule has 0 fully saturated rings. The zero-order valence-electron chi connectivity index (χ0n) is 10.9. The van der Waals surface area contributed by atoms with E-state index in [1.807, 2.05) is 10.8 Å². The summed E-state index contributed by atoms with van der Waals surface area (Å²) in [5.74, 6) is 0.580. The zero-order chi connectivity index (χ0) is 15.0. The van der Waals surface area contributed by atoms with Crippen LogP contribution in [0.3, 0.4) is 0 Å². The molecular weight excluding hydrogens is 340 g/mol. The van der Waals surface area contributed by atoms with Crippen LogP contribution < -0.4 is 0 Å². The smallest absolute Gasteiger partial charge is 0.284 e. The van der Waals surface area contributed by atoms with Gasteiger partial charge in [0.05, 0.1) is 17.0 Å². The number of carbonyl (C=O) groups excluding carboxylic acids is 1. The molecule has 0 atom stereocenters. The summed E-state index contributed by atoms with van der Waals surface area (Å²) in [6.45, 7) is 1.63. The molecule has 7 nitrogen and oxygen atoms in total. The molecule has 1 aromatic carbocycles. The van der Waals surface area contributed by atoms with Gasteiger partial charge in [0.1, 0.15) is 10.3 Å². The average Bonchev–Trinajstić information content (AvgIpc) is 2.93. The highest BCUT2D eigenvalue weighted by molar-refractivity contribution is 9.10. The first-order valence-corrected chi connectivity index (χ1v) is 7.09. The second-order valence-electron chi connectivity index (χ2n) is 4.66. The number of rotatable bonds is 2. The van der Waals surface area contributed by atoms with Crippen molar-refractivity contribution in [2.24, 2.45) is 0 Å². The van der Waals surface area contributed by atoms with E-state index < -0.39 is 4.92 Å². The van der Waals surface area contributed by atoms with Gasteiger partial charge in [-0.1, -0.05) is 6.07 Å². The number of halogens is 1. The largest absolute Gasteiger partial charge is 0.332 e. The molecule has 0 aliphatic carbocycles. The van der Waals surface area contributed by atoms with E-state index in [-0.39, 0.29) is 16.1 Å². The van der Waals surface area contributed by atoms with Gasteiger partial charge in [0.2, 0.25) is 0 Å². The third-order valence-corrected chi connectivity index (χ3v) is 4.27. The molecular formula is C13H11BrN4O3.